The van der Waals surface area contributed by atoms with Gasteiger partial charge in [-0.2, -0.15) is 11.8 Å². The number of carbonyl (C=O) groups excluding carboxylic acids is 1. The average Bonchev–Trinajstić information content (AvgIpc) is 2.52. The van der Waals surface area contributed by atoms with Gasteiger partial charge in [-0.05, 0) is 37.9 Å². The maximum Gasteiger partial charge on any atom is 0.306 e. The van der Waals surface area contributed by atoms with Crippen LogP contribution in [0.25, 0.3) is 0 Å². The van der Waals surface area contributed by atoms with Gasteiger partial charge >= 0.3 is 5.97 Å². The molecule has 1 atom stereocenters. The number of esters is 1. The van der Waals surface area contributed by atoms with Crippen LogP contribution in [-0.4, -0.2) is 35.8 Å². The smallest absolute Gasteiger partial charge is 0.306 e. The summed E-state index contributed by atoms with van der Waals surface area (Å²) in [5.74, 6) is 1.47. The summed E-state index contributed by atoms with van der Waals surface area (Å²) < 4.78 is 4.57. The molecule has 0 heterocycles. The van der Waals surface area contributed by atoms with Crippen LogP contribution in [0.1, 0.15) is 58.3 Å². The van der Waals surface area contributed by atoms with E-state index in [1.165, 1.54) is 32.8 Å². The van der Waals surface area contributed by atoms with E-state index >= 15 is 0 Å². The molecule has 0 rings (SSSR count). The van der Waals surface area contributed by atoms with Crippen LogP contribution in [0.2, 0.25) is 0 Å². The fourth-order valence-electron chi connectivity index (χ4n) is 1.85. The molecule has 0 saturated carbocycles. The summed E-state index contributed by atoms with van der Waals surface area (Å²) in [5, 5.41) is 9.83. The van der Waals surface area contributed by atoms with Crippen molar-refractivity contribution in [1.29, 1.82) is 0 Å². The maximum absolute atomic E-state index is 10.9. The van der Waals surface area contributed by atoms with Gasteiger partial charge in [-0.15, -0.1) is 0 Å². The van der Waals surface area contributed by atoms with Crippen LogP contribution in [0.3, 0.4) is 0 Å². The van der Waals surface area contributed by atoms with Crippen LogP contribution in [0.15, 0.2) is 24.3 Å². The number of unbranched alkanes of at least 4 members (excludes halogenated alkanes) is 3. The predicted molar refractivity (Wildman–Crippen MR) is 96.2 cm³/mol. The Morgan fingerprint density at radius 2 is 1.95 bits per heavy atom. The van der Waals surface area contributed by atoms with Crippen molar-refractivity contribution < 1.29 is 14.6 Å². The minimum absolute atomic E-state index is 0.168. The molecule has 128 valence electrons. The first-order chi connectivity index (χ1) is 10.7. The van der Waals surface area contributed by atoms with Crippen LogP contribution in [0.5, 0.6) is 0 Å². The highest BCUT2D eigenvalue weighted by Crippen LogP contribution is 2.09. The first-order valence-corrected chi connectivity index (χ1v) is 9.48. The Morgan fingerprint density at radius 1 is 1.18 bits per heavy atom. The first-order valence-electron chi connectivity index (χ1n) is 8.33. The molecule has 0 fully saturated rings. The van der Waals surface area contributed by atoms with Gasteiger partial charge in [-0.1, -0.05) is 44.1 Å². The van der Waals surface area contributed by atoms with E-state index < -0.39 is 0 Å². The van der Waals surface area contributed by atoms with Crippen LogP contribution in [-0.2, 0) is 9.53 Å². The molecule has 0 amide bonds. The third-order valence-electron chi connectivity index (χ3n) is 3.26. The van der Waals surface area contributed by atoms with E-state index in [0.717, 1.165) is 24.3 Å². The summed E-state index contributed by atoms with van der Waals surface area (Å²) >= 11 is 1.69. The van der Waals surface area contributed by atoms with Gasteiger partial charge in [0.25, 0.3) is 0 Å². The lowest BCUT2D eigenvalue weighted by molar-refractivity contribution is -0.140. The number of ether oxygens (including phenoxy) is 1. The van der Waals surface area contributed by atoms with E-state index in [-0.39, 0.29) is 12.1 Å². The van der Waals surface area contributed by atoms with Crippen molar-refractivity contribution in [3.05, 3.63) is 24.3 Å². The number of aliphatic hydroxyl groups is 1. The number of aliphatic hydroxyl groups excluding tert-OH is 1. The Hall–Kier alpha value is -0.740. The topological polar surface area (TPSA) is 46.5 Å². The van der Waals surface area contributed by atoms with Gasteiger partial charge in [-0.25, -0.2) is 0 Å². The maximum atomic E-state index is 10.9. The lowest BCUT2D eigenvalue weighted by atomic mass is 10.1. The molecule has 3 nitrogen and oxygen atoms in total. The Morgan fingerprint density at radius 3 is 2.68 bits per heavy atom. The minimum Gasteiger partial charge on any atom is -0.469 e. The number of thioether (sulfide) groups is 1. The molecule has 0 aliphatic carbocycles. The third kappa shape index (κ3) is 15.6. The molecule has 0 spiro atoms. The lowest BCUT2D eigenvalue weighted by Gasteiger charge is -2.07. The Labute approximate surface area is 140 Å². The fraction of sp³-hybridized carbons (Fsp3) is 0.722. The average molecular weight is 329 g/mol. The van der Waals surface area contributed by atoms with Crippen LogP contribution < -0.4 is 0 Å². The molecule has 4 heteroatoms. The Kier molecular flexibility index (Phi) is 16.1. The number of allylic oxidation sites excluding steroid dienone is 3. The highest BCUT2D eigenvalue weighted by Gasteiger charge is 2.03. The van der Waals surface area contributed by atoms with Gasteiger partial charge in [0, 0.05) is 5.75 Å². The number of rotatable bonds is 14. The summed E-state index contributed by atoms with van der Waals surface area (Å²) in [4.78, 5) is 10.9. The molecule has 0 bridgehead atoms. The second kappa shape index (κ2) is 16.6. The van der Waals surface area contributed by atoms with E-state index in [1.54, 1.807) is 11.8 Å². The molecule has 22 heavy (non-hydrogen) atoms. The quantitative estimate of drug-likeness (QED) is 0.289. The zero-order valence-corrected chi connectivity index (χ0v) is 14.9. The molecule has 0 saturated heterocycles. The van der Waals surface area contributed by atoms with Gasteiger partial charge in [-0.3, -0.25) is 4.79 Å². The van der Waals surface area contributed by atoms with Crippen molar-refractivity contribution in [2.24, 2.45) is 0 Å². The highest BCUT2D eigenvalue weighted by molar-refractivity contribution is 7.99. The highest BCUT2D eigenvalue weighted by atomic mass is 32.2. The van der Waals surface area contributed by atoms with Gasteiger partial charge < -0.3 is 9.84 Å². The molecule has 0 aromatic heterocycles. The third-order valence-corrected chi connectivity index (χ3v) is 4.28. The summed E-state index contributed by atoms with van der Waals surface area (Å²) in [6.45, 7) is 2.22. The Balaban J connectivity index is 3.42. The molecule has 0 aromatic carbocycles. The minimum atomic E-state index is -0.282. The van der Waals surface area contributed by atoms with Crippen molar-refractivity contribution in [2.75, 3.05) is 18.6 Å². The van der Waals surface area contributed by atoms with Gasteiger partial charge in [0.2, 0.25) is 0 Å². The van der Waals surface area contributed by atoms with Gasteiger partial charge in [0.15, 0.2) is 0 Å². The molecular formula is C18H32O3S. The normalized spacial score (nSPS) is 13.0. The fourth-order valence-corrected chi connectivity index (χ4v) is 2.81. The van der Waals surface area contributed by atoms with Crippen LogP contribution in [0.4, 0.5) is 0 Å². The van der Waals surface area contributed by atoms with Crippen LogP contribution in [0, 0.1) is 0 Å². The van der Waals surface area contributed by atoms with Crippen molar-refractivity contribution >= 4 is 17.7 Å². The van der Waals surface area contributed by atoms with E-state index in [2.05, 4.69) is 36.0 Å². The largest absolute Gasteiger partial charge is 0.469 e. The van der Waals surface area contributed by atoms with Crippen molar-refractivity contribution in [2.45, 2.75) is 64.4 Å². The van der Waals surface area contributed by atoms with Crippen molar-refractivity contribution in [3.8, 4) is 0 Å². The zero-order chi connectivity index (χ0) is 16.5. The number of carbonyl (C=O) groups is 1. The van der Waals surface area contributed by atoms with E-state index in [9.17, 15) is 9.90 Å². The van der Waals surface area contributed by atoms with Crippen molar-refractivity contribution in [3.63, 3.8) is 0 Å². The number of hydrogen-bond donors (Lipinski definition) is 1. The summed E-state index contributed by atoms with van der Waals surface area (Å²) in [6.07, 6.45) is 16.2. The van der Waals surface area contributed by atoms with Crippen molar-refractivity contribution in [1.82, 2.24) is 0 Å². The molecular weight excluding hydrogens is 296 g/mol. The summed E-state index contributed by atoms with van der Waals surface area (Å²) in [5.41, 5.74) is 0. The first kappa shape index (κ1) is 21.3. The molecule has 0 radical (unpaired) electrons. The SMILES string of the molecule is CCCCC/C=C\C/C=C\CC(O)CCSCCC(=O)OC. The summed E-state index contributed by atoms with van der Waals surface area (Å²) in [7, 11) is 1.41. The van der Waals surface area contributed by atoms with E-state index in [1.807, 2.05) is 0 Å². The standard InChI is InChI=1S/C18H32O3S/c1-3-4-5-6-7-8-9-10-11-12-17(19)13-15-22-16-14-18(20)21-2/h7-8,10-11,17,19H,3-6,9,12-16H2,1-2H3/b8-7-,11-10-. The number of methoxy groups -OCH3 is 1. The summed E-state index contributed by atoms with van der Waals surface area (Å²) in [6, 6.07) is 0. The second-order valence-electron chi connectivity index (χ2n) is 5.29. The molecule has 0 aromatic rings. The van der Waals surface area contributed by atoms with E-state index in [0.29, 0.717) is 12.8 Å². The Bertz CT molecular complexity index is 313. The lowest BCUT2D eigenvalue weighted by Crippen LogP contribution is -2.07. The molecule has 1 N–H and O–H groups in total. The number of hydrogen-bond acceptors (Lipinski definition) is 4. The zero-order valence-electron chi connectivity index (χ0n) is 14.1. The van der Waals surface area contributed by atoms with E-state index in [4.69, 9.17) is 0 Å². The predicted octanol–water partition coefficient (Wildman–Crippen LogP) is 4.51. The van der Waals surface area contributed by atoms with Crippen LogP contribution >= 0.6 is 11.8 Å². The molecule has 0 aliphatic rings. The van der Waals surface area contributed by atoms with Gasteiger partial charge in [0.1, 0.15) is 0 Å². The molecule has 0 aliphatic heterocycles. The monoisotopic (exact) mass is 328 g/mol. The van der Waals surface area contributed by atoms with Gasteiger partial charge in [0.05, 0.1) is 19.6 Å². The second-order valence-corrected chi connectivity index (χ2v) is 6.52. The molecule has 1 unspecified atom stereocenters.